The Bertz CT molecular complexity index is 524. The number of anilines is 1. The molecule has 1 heterocycles. The lowest BCUT2D eigenvalue weighted by atomic mass is 10.2. The summed E-state index contributed by atoms with van der Waals surface area (Å²) in [6.45, 7) is 4.97. The molecule has 1 aliphatic rings. The monoisotopic (exact) mass is 283 g/mol. The lowest BCUT2D eigenvalue weighted by Crippen LogP contribution is -2.42. The largest absolute Gasteiger partial charge is 0.314 e. The van der Waals surface area contributed by atoms with Gasteiger partial charge in [-0.2, -0.15) is 0 Å². The van der Waals surface area contributed by atoms with Crippen LogP contribution < -0.4 is 9.62 Å². The third-order valence-corrected chi connectivity index (χ3v) is 4.59. The Morgan fingerprint density at radius 3 is 2.63 bits per heavy atom. The highest BCUT2D eigenvalue weighted by atomic mass is 32.2. The zero-order chi connectivity index (χ0) is 13.9. The maximum atomic E-state index is 11.5. The third-order valence-electron chi connectivity index (χ3n) is 3.39. The molecule has 2 rings (SSSR count). The van der Waals surface area contributed by atoms with Crippen molar-refractivity contribution in [3.05, 3.63) is 29.8 Å². The summed E-state index contributed by atoms with van der Waals surface area (Å²) in [4.78, 5) is 2.37. The van der Waals surface area contributed by atoms with E-state index in [4.69, 9.17) is 0 Å². The summed E-state index contributed by atoms with van der Waals surface area (Å²) in [5.41, 5.74) is 1.87. The van der Waals surface area contributed by atoms with Crippen LogP contribution in [0, 0.1) is 0 Å². The standard InChI is InChI=1S/C13H21N3O2S/c1-15(19(2,17)18)13-5-3-4-12(10-13)11-16-8-6-14-7-9-16/h3-5,10,14H,6-9,11H2,1-2H3. The number of rotatable bonds is 4. The van der Waals surface area contributed by atoms with Crippen molar-refractivity contribution in [2.45, 2.75) is 6.54 Å². The van der Waals surface area contributed by atoms with Crippen LogP contribution in [0.2, 0.25) is 0 Å². The number of benzene rings is 1. The molecule has 0 amide bonds. The van der Waals surface area contributed by atoms with Crippen LogP contribution in [-0.4, -0.2) is 52.8 Å². The van der Waals surface area contributed by atoms with Crippen molar-refractivity contribution in [1.82, 2.24) is 10.2 Å². The molecular formula is C13H21N3O2S. The van der Waals surface area contributed by atoms with E-state index in [0.29, 0.717) is 0 Å². The smallest absolute Gasteiger partial charge is 0.231 e. The molecule has 1 aliphatic heterocycles. The zero-order valence-electron chi connectivity index (χ0n) is 11.5. The molecule has 1 aromatic rings. The van der Waals surface area contributed by atoms with Crippen molar-refractivity contribution in [3.8, 4) is 0 Å². The normalized spacial score (nSPS) is 17.4. The summed E-state index contributed by atoms with van der Waals surface area (Å²) < 4.78 is 24.4. The first-order chi connectivity index (χ1) is 8.97. The SMILES string of the molecule is CN(c1cccc(CN2CCNCC2)c1)S(C)(=O)=O. The number of nitrogens with one attached hydrogen (secondary N) is 1. The number of hydrogen-bond donors (Lipinski definition) is 1. The minimum atomic E-state index is -3.20. The van der Waals surface area contributed by atoms with Gasteiger partial charge >= 0.3 is 0 Å². The quantitative estimate of drug-likeness (QED) is 0.874. The molecule has 0 aliphatic carbocycles. The molecule has 0 aromatic heterocycles. The molecule has 1 fully saturated rings. The molecular weight excluding hydrogens is 262 g/mol. The number of nitrogens with zero attached hydrogens (tertiary/aromatic N) is 2. The zero-order valence-corrected chi connectivity index (χ0v) is 12.3. The Kier molecular flexibility index (Phi) is 4.44. The molecule has 0 radical (unpaired) electrons. The van der Waals surface area contributed by atoms with E-state index in [1.807, 2.05) is 24.3 Å². The maximum Gasteiger partial charge on any atom is 0.231 e. The second-order valence-electron chi connectivity index (χ2n) is 4.93. The molecule has 0 bridgehead atoms. The van der Waals surface area contributed by atoms with Gasteiger partial charge in [-0.1, -0.05) is 12.1 Å². The van der Waals surface area contributed by atoms with Crippen molar-refractivity contribution < 1.29 is 8.42 Å². The molecule has 6 heteroatoms. The van der Waals surface area contributed by atoms with Gasteiger partial charge in [-0.05, 0) is 17.7 Å². The van der Waals surface area contributed by atoms with Crippen molar-refractivity contribution >= 4 is 15.7 Å². The molecule has 0 unspecified atom stereocenters. The minimum Gasteiger partial charge on any atom is -0.314 e. The van der Waals surface area contributed by atoms with E-state index >= 15 is 0 Å². The van der Waals surface area contributed by atoms with Crippen molar-refractivity contribution in [3.63, 3.8) is 0 Å². The van der Waals surface area contributed by atoms with Crippen molar-refractivity contribution in [2.24, 2.45) is 0 Å². The van der Waals surface area contributed by atoms with Gasteiger partial charge < -0.3 is 5.32 Å². The Morgan fingerprint density at radius 2 is 2.00 bits per heavy atom. The van der Waals surface area contributed by atoms with Crippen LogP contribution in [0.1, 0.15) is 5.56 Å². The van der Waals surface area contributed by atoms with Gasteiger partial charge in [0.05, 0.1) is 11.9 Å². The van der Waals surface area contributed by atoms with Crippen LogP contribution in [0.5, 0.6) is 0 Å². The highest BCUT2D eigenvalue weighted by Gasteiger charge is 2.14. The first kappa shape index (κ1) is 14.3. The van der Waals surface area contributed by atoms with Crippen LogP contribution in [0.3, 0.4) is 0 Å². The fraction of sp³-hybridized carbons (Fsp3) is 0.538. The first-order valence-electron chi connectivity index (χ1n) is 6.43. The average Bonchev–Trinajstić information content (AvgIpc) is 2.38. The third kappa shape index (κ3) is 3.92. The van der Waals surface area contributed by atoms with Crippen molar-refractivity contribution in [1.29, 1.82) is 0 Å². The molecule has 1 aromatic carbocycles. The Balaban J connectivity index is 2.10. The first-order valence-corrected chi connectivity index (χ1v) is 8.27. The predicted octanol–water partition coefficient (Wildman–Crippen LogP) is 0.488. The predicted molar refractivity (Wildman–Crippen MR) is 77.8 cm³/mol. The van der Waals surface area contributed by atoms with Gasteiger partial charge in [0.15, 0.2) is 0 Å². The highest BCUT2D eigenvalue weighted by molar-refractivity contribution is 7.92. The van der Waals surface area contributed by atoms with Crippen LogP contribution >= 0.6 is 0 Å². The van der Waals surface area contributed by atoms with E-state index < -0.39 is 10.0 Å². The Morgan fingerprint density at radius 1 is 1.32 bits per heavy atom. The Labute approximate surface area is 115 Å². The van der Waals surface area contributed by atoms with E-state index in [9.17, 15) is 8.42 Å². The van der Waals surface area contributed by atoms with E-state index in [1.54, 1.807) is 7.05 Å². The fourth-order valence-corrected chi connectivity index (χ4v) is 2.67. The number of sulfonamides is 1. The van der Waals surface area contributed by atoms with Gasteiger partial charge in [0, 0.05) is 39.8 Å². The lowest BCUT2D eigenvalue weighted by Gasteiger charge is -2.27. The molecule has 0 saturated carbocycles. The summed E-state index contributed by atoms with van der Waals surface area (Å²) in [6.07, 6.45) is 1.22. The number of hydrogen-bond acceptors (Lipinski definition) is 4. The minimum absolute atomic E-state index is 0.718. The molecule has 5 nitrogen and oxygen atoms in total. The summed E-state index contributed by atoms with van der Waals surface area (Å²) >= 11 is 0. The van der Waals surface area contributed by atoms with Crippen LogP contribution in [0.4, 0.5) is 5.69 Å². The van der Waals surface area contributed by atoms with Gasteiger partial charge in [0.25, 0.3) is 0 Å². The lowest BCUT2D eigenvalue weighted by molar-refractivity contribution is 0.233. The summed E-state index contributed by atoms with van der Waals surface area (Å²) in [6, 6.07) is 7.72. The summed E-state index contributed by atoms with van der Waals surface area (Å²) in [5, 5.41) is 3.32. The highest BCUT2D eigenvalue weighted by Crippen LogP contribution is 2.18. The molecule has 1 saturated heterocycles. The second kappa shape index (κ2) is 5.90. The topological polar surface area (TPSA) is 52.6 Å². The van der Waals surface area contributed by atoms with Gasteiger partial charge in [-0.25, -0.2) is 8.42 Å². The molecule has 19 heavy (non-hydrogen) atoms. The van der Waals surface area contributed by atoms with E-state index in [2.05, 4.69) is 10.2 Å². The molecule has 1 N–H and O–H groups in total. The maximum absolute atomic E-state index is 11.5. The van der Waals surface area contributed by atoms with Gasteiger partial charge in [-0.15, -0.1) is 0 Å². The van der Waals surface area contributed by atoms with Crippen LogP contribution in [0.25, 0.3) is 0 Å². The van der Waals surface area contributed by atoms with Gasteiger partial charge in [0.1, 0.15) is 0 Å². The van der Waals surface area contributed by atoms with E-state index in [1.165, 1.54) is 10.6 Å². The second-order valence-corrected chi connectivity index (χ2v) is 6.94. The summed E-state index contributed by atoms with van der Waals surface area (Å²) in [5.74, 6) is 0. The average molecular weight is 283 g/mol. The van der Waals surface area contributed by atoms with E-state index in [-0.39, 0.29) is 0 Å². The van der Waals surface area contributed by atoms with Gasteiger partial charge in [0.2, 0.25) is 10.0 Å². The van der Waals surface area contributed by atoms with Crippen LogP contribution in [-0.2, 0) is 16.6 Å². The van der Waals surface area contributed by atoms with Crippen molar-refractivity contribution in [2.75, 3.05) is 43.8 Å². The number of piperazine rings is 1. The molecule has 0 atom stereocenters. The summed E-state index contributed by atoms with van der Waals surface area (Å²) in [7, 11) is -1.61. The van der Waals surface area contributed by atoms with E-state index in [0.717, 1.165) is 44.0 Å². The fourth-order valence-electron chi connectivity index (χ4n) is 2.17. The van der Waals surface area contributed by atoms with Crippen LogP contribution in [0.15, 0.2) is 24.3 Å². The molecule has 106 valence electrons. The van der Waals surface area contributed by atoms with Gasteiger partial charge in [-0.3, -0.25) is 9.21 Å². The Hall–Kier alpha value is -1.11. The molecule has 0 spiro atoms.